The van der Waals surface area contributed by atoms with E-state index in [9.17, 15) is 0 Å². The Morgan fingerprint density at radius 2 is 2.05 bits per heavy atom. The topological polar surface area (TPSA) is 42.7 Å². The zero-order valence-electron chi connectivity index (χ0n) is 11.6. The summed E-state index contributed by atoms with van der Waals surface area (Å²) in [6.45, 7) is 0. The van der Waals surface area contributed by atoms with E-state index >= 15 is 0 Å². The molecule has 1 unspecified atom stereocenters. The van der Waals surface area contributed by atoms with Gasteiger partial charge in [0.1, 0.15) is 0 Å². The van der Waals surface area contributed by atoms with Gasteiger partial charge in [-0.2, -0.15) is 5.10 Å². The number of fused-ring (bicyclic) bond motifs is 1. The van der Waals surface area contributed by atoms with E-state index in [1.165, 1.54) is 11.1 Å². The number of anilines is 1. The minimum Gasteiger partial charge on any atom is -0.377 e. The summed E-state index contributed by atoms with van der Waals surface area (Å²) < 4.78 is 1.76. The summed E-state index contributed by atoms with van der Waals surface area (Å²) in [5.41, 5.74) is 3.91. The molecule has 0 fully saturated rings. The second-order valence-corrected chi connectivity index (χ2v) is 5.29. The molecular formula is C17H16N4. The molecule has 1 atom stereocenters. The summed E-state index contributed by atoms with van der Waals surface area (Å²) >= 11 is 0. The lowest BCUT2D eigenvalue weighted by molar-refractivity contribution is 0.760. The van der Waals surface area contributed by atoms with Crippen molar-refractivity contribution in [3.8, 4) is 5.82 Å². The molecule has 0 saturated heterocycles. The summed E-state index contributed by atoms with van der Waals surface area (Å²) in [4.78, 5) is 4.46. The van der Waals surface area contributed by atoms with E-state index in [4.69, 9.17) is 0 Å². The van der Waals surface area contributed by atoms with Gasteiger partial charge in [-0.1, -0.05) is 24.3 Å². The third-order valence-corrected chi connectivity index (χ3v) is 3.96. The lowest BCUT2D eigenvalue weighted by atomic mass is 10.1. The fourth-order valence-electron chi connectivity index (χ4n) is 2.92. The van der Waals surface area contributed by atoms with Gasteiger partial charge in [0.05, 0.1) is 17.9 Å². The first-order valence-electron chi connectivity index (χ1n) is 7.20. The van der Waals surface area contributed by atoms with Crippen LogP contribution in [0.2, 0.25) is 0 Å². The molecule has 104 valence electrons. The minimum atomic E-state index is 0.388. The van der Waals surface area contributed by atoms with Crippen molar-refractivity contribution in [1.29, 1.82) is 0 Å². The van der Waals surface area contributed by atoms with Crippen molar-refractivity contribution in [3.63, 3.8) is 0 Å². The lowest BCUT2D eigenvalue weighted by Gasteiger charge is -2.15. The molecule has 3 aromatic rings. The normalized spacial score (nSPS) is 16.7. The first-order chi connectivity index (χ1) is 10.4. The Labute approximate surface area is 123 Å². The number of aromatic nitrogens is 3. The molecule has 1 aliphatic rings. The van der Waals surface area contributed by atoms with Gasteiger partial charge in [-0.25, -0.2) is 9.67 Å². The highest BCUT2D eigenvalue weighted by atomic mass is 15.3. The smallest absolute Gasteiger partial charge is 0.153 e. The monoisotopic (exact) mass is 276 g/mol. The maximum absolute atomic E-state index is 4.46. The van der Waals surface area contributed by atoms with Gasteiger partial charge >= 0.3 is 0 Å². The van der Waals surface area contributed by atoms with E-state index in [1.807, 2.05) is 24.5 Å². The molecule has 4 nitrogen and oxygen atoms in total. The molecule has 0 saturated carbocycles. The fraction of sp³-hybridized carbons (Fsp3) is 0.176. The molecule has 0 spiro atoms. The summed E-state index contributed by atoms with van der Waals surface area (Å²) in [5, 5.41) is 7.76. The highest BCUT2D eigenvalue weighted by molar-refractivity contribution is 5.48. The van der Waals surface area contributed by atoms with Crippen LogP contribution in [0.1, 0.15) is 23.6 Å². The standard InChI is InChI=1S/C17H16N4/c1-2-5-15-13(4-1)6-8-16(15)20-14-7-9-17(18-12-14)21-11-3-10-19-21/h1-5,7,9-12,16,20H,6,8H2. The SMILES string of the molecule is c1ccc2c(c1)CCC2Nc1ccc(-n2cccn2)nc1. The van der Waals surface area contributed by atoms with Gasteiger partial charge in [0.2, 0.25) is 0 Å². The van der Waals surface area contributed by atoms with Crippen LogP contribution in [-0.2, 0) is 6.42 Å². The maximum Gasteiger partial charge on any atom is 0.153 e. The predicted molar refractivity (Wildman–Crippen MR) is 82.5 cm³/mol. The van der Waals surface area contributed by atoms with E-state index in [1.54, 1.807) is 10.9 Å². The Hall–Kier alpha value is -2.62. The van der Waals surface area contributed by atoms with Crippen LogP contribution in [0.5, 0.6) is 0 Å². The molecule has 1 aromatic carbocycles. The van der Waals surface area contributed by atoms with E-state index in [0.717, 1.165) is 24.3 Å². The Kier molecular flexibility index (Phi) is 2.92. The van der Waals surface area contributed by atoms with Gasteiger partial charge in [-0.15, -0.1) is 0 Å². The molecule has 4 rings (SSSR count). The Bertz CT molecular complexity index is 732. The Balaban J connectivity index is 1.53. The van der Waals surface area contributed by atoms with Crippen molar-refractivity contribution in [2.75, 3.05) is 5.32 Å². The molecule has 2 heterocycles. The summed E-state index contributed by atoms with van der Waals surface area (Å²) in [6, 6.07) is 15.0. The van der Waals surface area contributed by atoms with Gasteiger partial charge in [-0.05, 0) is 42.2 Å². The van der Waals surface area contributed by atoms with Crippen LogP contribution in [0.3, 0.4) is 0 Å². The highest BCUT2D eigenvalue weighted by Crippen LogP contribution is 2.33. The molecule has 1 aliphatic carbocycles. The van der Waals surface area contributed by atoms with Gasteiger partial charge < -0.3 is 5.32 Å². The van der Waals surface area contributed by atoms with Crippen LogP contribution in [-0.4, -0.2) is 14.8 Å². The van der Waals surface area contributed by atoms with Crippen LogP contribution >= 0.6 is 0 Å². The largest absolute Gasteiger partial charge is 0.377 e. The first-order valence-corrected chi connectivity index (χ1v) is 7.20. The molecule has 2 aromatic heterocycles. The van der Waals surface area contributed by atoms with Crippen LogP contribution in [0.4, 0.5) is 5.69 Å². The number of hydrogen-bond donors (Lipinski definition) is 1. The second-order valence-electron chi connectivity index (χ2n) is 5.29. The summed E-state index contributed by atoms with van der Waals surface area (Å²) in [6.07, 6.45) is 7.80. The number of benzene rings is 1. The lowest BCUT2D eigenvalue weighted by Crippen LogP contribution is -2.07. The fourth-order valence-corrected chi connectivity index (χ4v) is 2.92. The average Bonchev–Trinajstić information content (AvgIpc) is 3.19. The molecule has 4 heteroatoms. The third kappa shape index (κ3) is 2.29. The number of nitrogens with zero attached hydrogens (tertiary/aromatic N) is 3. The van der Waals surface area contributed by atoms with Crippen molar-refractivity contribution >= 4 is 5.69 Å². The number of pyridine rings is 1. The van der Waals surface area contributed by atoms with Crippen LogP contribution in [0.15, 0.2) is 61.1 Å². The number of hydrogen-bond acceptors (Lipinski definition) is 3. The van der Waals surface area contributed by atoms with Gasteiger partial charge in [0.25, 0.3) is 0 Å². The second kappa shape index (κ2) is 5.05. The minimum absolute atomic E-state index is 0.388. The van der Waals surface area contributed by atoms with Gasteiger partial charge in [0, 0.05) is 12.4 Å². The highest BCUT2D eigenvalue weighted by Gasteiger charge is 2.21. The first kappa shape index (κ1) is 12.1. The van der Waals surface area contributed by atoms with Crippen molar-refractivity contribution in [3.05, 3.63) is 72.2 Å². The number of rotatable bonds is 3. The number of aryl methyl sites for hydroxylation is 1. The Morgan fingerprint density at radius 3 is 2.86 bits per heavy atom. The average molecular weight is 276 g/mol. The summed E-state index contributed by atoms with van der Waals surface area (Å²) in [5.74, 6) is 0.831. The zero-order chi connectivity index (χ0) is 14.1. The van der Waals surface area contributed by atoms with Crippen molar-refractivity contribution in [1.82, 2.24) is 14.8 Å². The molecular weight excluding hydrogens is 260 g/mol. The summed E-state index contributed by atoms with van der Waals surface area (Å²) in [7, 11) is 0. The van der Waals surface area contributed by atoms with Crippen LogP contribution < -0.4 is 5.32 Å². The molecule has 0 bridgehead atoms. The van der Waals surface area contributed by atoms with Crippen LogP contribution in [0.25, 0.3) is 5.82 Å². The predicted octanol–water partition coefficient (Wildman–Crippen LogP) is 3.37. The zero-order valence-corrected chi connectivity index (χ0v) is 11.6. The van der Waals surface area contributed by atoms with Gasteiger partial charge in [-0.3, -0.25) is 0 Å². The van der Waals surface area contributed by atoms with E-state index in [0.29, 0.717) is 6.04 Å². The van der Waals surface area contributed by atoms with Gasteiger partial charge in [0.15, 0.2) is 5.82 Å². The number of nitrogens with one attached hydrogen (secondary N) is 1. The molecule has 0 amide bonds. The van der Waals surface area contributed by atoms with Crippen LogP contribution in [0, 0.1) is 0 Å². The molecule has 0 aliphatic heterocycles. The van der Waals surface area contributed by atoms with Crippen molar-refractivity contribution < 1.29 is 0 Å². The van der Waals surface area contributed by atoms with E-state index in [2.05, 4.69) is 45.7 Å². The van der Waals surface area contributed by atoms with Crippen molar-refractivity contribution in [2.24, 2.45) is 0 Å². The Morgan fingerprint density at radius 1 is 1.10 bits per heavy atom. The van der Waals surface area contributed by atoms with E-state index in [-0.39, 0.29) is 0 Å². The van der Waals surface area contributed by atoms with Crippen molar-refractivity contribution in [2.45, 2.75) is 18.9 Å². The quantitative estimate of drug-likeness (QED) is 0.797. The molecule has 0 radical (unpaired) electrons. The molecule has 1 N–H and O–H groups in total. The third-order valence-electron chi connectivity index (χ3n) is 3.96. The molecule has 21 heavy (non-hydrogen) atoms. The van der Waals surface area contributed by atoms with E-state index < -0.39 is 0 Å². The maximum atomic E-state index is 4.46.